The summed E-state index contributed by atoms with van der Waals surface area (Å²) in [4.78, 5) is 17.1. The number of carbonyl (C=O) groups excluding carboxylic acids is 1. The predicted molar refractivity (Wildman–Crippen MR) is 122 cm³/mol. The zero-order valence-corrected chi connectivity index (χ0v) is 19.2. The Hall–Kier alpha value is -1.35. The van der Waals surface area contributed by atoms with Gasteiger partial charge < -0.3 is 10.1 Å². The number of aryl methyl sites for hydroxylation is 1. The molecule has 8 heteroatoms. The number of nitrogens with zero attached hydrogens (tertiary/aromatic N) is 1. The van der Waals surface area contributed by atoms with Gasteiger partial charge in [-0.3, -0.25) is 0 Å². The molecular formula is C19H21BrN2O2S3. The standard InChI is InChI=1S/C19H20N2O2S3.BrH/c1-23-17(22)16-11-14(18(24-2)26-16)15-12-25-19(21-15)20-10-6-9-13-7-4-3-5-8-13;/h3-5,7-8,11-12H,6,9-10H2,1-2H3,(H,20,21);1H. The second-order valence-electron chi connectivity index (χ2n) is 5.56. The molecule has 4 nitrogen and oxygen atoms in total. The van der Waals surface area contributed by atoms with Gasteiger partial charge in [0, 0.05) is 17.5 Å². The minimum Gasteiger partial charge on any atom is -0.465 e. The zero-order chi connectivity index (χ0) is 18.4. The molecule has 0 aliphatic carbocycles. The lowest BCUT2D eigenvalue weighted by molar-refractivity contribution is 0.0606. The summed E-state index contributed by atoms with van der Waals surface area (Å²) < 4.78 is 5.90. The van der Waals surface area contributed by atoms with Crippen molar-refractivity contribution in [2.75, 3.05) is 25.2 Å². The Bertz CT molecular complexity index is 865. The van der Waals surface area contributed by atoms with E-state index in [0.717, 1.165) is 40.0 Å². The van der Waals surface area contributed by atoms with Gasteiger partial charge in [-0.2, -0.15) is 0 Å². The van der Waals surface area contributed by atoms with Gasteiger partial charge in [-0.15, -0.1) is 51.4 Å². The molecular weight excluding hydrogens is 464 g/mol. The van der Waals surface area contributed by atoms with Gasteiger partial charge in [-0.25, -0.2) is 9.78 Å². The van der Waals surface area contributed by atoms with Crippen LogP contribution in [0.3, 0.4) is 0 Å². The number of thioether (sulfide) groups is 1. The Morgan fingerprint density at radius 1 is 1.30 bits per heavy atom. The second-order valence-corrected chi connectivity index (χ2v) is 8.55. The number of methoxy groups -OCH3 is 1. The van der Waals surface area contributed by atoms with E-state index >= 15 is 0 Å². The normalized spacial score (nSPS) is 10.3. The highest BCUT2D eigenvalue weighted by Crippen LogP contribution is 2.39. The van der Waals surface area contributed by atoms with Gasteiger partial charge in [0.15, 0.2) is 5.13 Å². The summed E-state index contributed by atoms with van der Waals surface area (Å²) in [5.41, 5.74) is 3.25. The molecule has 0 aliphatic rings. The largest absolute Gasteiger partial charge is 0.465 e. The number of anilines is 1. The van der Waals surface area contributed by atoms with Crippen LogP contribution in [-0.2, 0) is 11.2 Å². The molecule has 2 aromatic heterocycles. The van der Waals surface area contributed by atoms with E-state index in [1.54, 1.807) is 23.1 Å². The van der Waals surface area contributed by atoms with Crippen molar-refractivity contribution >= 4 is 62.5 Å². The lowest BCUT2D eigenvalue weighted by Gasteiger charge is -2.03. The first-order valence-corrected chi connectivity index (χ1v) is 11.1. The van der Waals surface area contributed by atoms with Gasteiger partial charge in [0.1, 0.15) is 4.88 Å². The van der Waals surface area contributed by atoms with Crippen LogP contribution >= 0.6 is 51.4 Å². The SMILES string of the molecule is Br.COC(=O)c1cc(-c2csc(NCCCc3ccccc3)n2)c(SC)s1. The number of nitrogens with one attached hydrogen (secondary N) is 1. The molecule has 3 aromatic rings. The van der Waals surface area contributed by atoms with Crippen LogP contribution in [-0.4, -0.2) is 30.9 Å². The molecule has 0 saturated heterocycles. The summed E-state index contributed by atoms with van der Waals surface area (Å²) >= 11 is 4.66. The number of hydrogen-bond acceptors (Lipinski definition) is 7. The summed E-state index contributed by atoms with van der Waals surface area (Å²) in [5.74, 6) is -0.300. The molecule has 3 rings (SSSR count). The maximum Gasteiger partial charge on any atom is 0.348 e. The van der Waals surface area contributed by atoms with Crippen LogP contribution in [0.1, 0.15) is 21.7 Å². The molecule has 0 radical (unpaired) electrons. The van der Waals surface area contributed by atoms with E-state index in [4.69, 9.17) is 4.74 Å². The van der Waals surface area contributed by atoms with Crippen molar-refractivity contribution in [3.63, 3.8) is 0 Å². The highest BCUT2D eigenvalue weighted by atomic mass is 79.9. The third-order valence-electron chi connectivity index (χ3n) is 3.81. The number of esters is 1. The molecule has 27 heavy (non-hydrogen) atoms. The predicted octanol–water partition coefficient (Wildman–Crippen LogP) is 6.00. The molecule has 0 saturated carbocycles. The average Bonchev–Trinajstić information content (AvgIpc) is 3.32. The fourth-order valence-electron chi connectivity index (χ4n) is 2.52. The van der Waals surface area contributed by atoms with Crippen LogP contribution in [0.15, 0.2) is 46.0 Å². The minimum atomic E-state index is -0.300. The number of aromatic nitrogens is 1. The molecule has 0 aliphatic heterocycles. The van der Waals surface area contributed by atoms with Gasteiger partial charge in [-0.05, 0) is 30.7 Å². The van der Waals surface area contributed by atoms with Crippen molar-refractivity contribution in [2.24, 2.45) is 0 Å². The Balaban J connectivity index is 0.00000261. The van der Waals surface area contributed by atoms with E-state index in [0.29, 0.717) is 4.88 Å². The molecule has 1 N–H and O–H groups in total. The summed E-state index contributed by atoms with van der Waals surface area (Å²) in [6, 6.07) is 12.4. The van der Waals surface area contributed by atoms with Crippen molar-refractivity contribution in [1.29, 1.82) is 0 Å². The first-order chi connectivity index (χ1) is 12.7. The van der Waals surface area contributed by atoms with Gasteiger partial charge in [0.25, 0.3) is 0 Å². The number of ether oxygens (including phenoxy) is 1. The third-order valence-corrected chi connectivity index (χ3v) is 6.86. The number of benzene rings is 1. The Labute approximate surface area is 182 Å². The maximum absolute atomic E-state index is 11.8. The van der Waals surface area contributed by atoms with Crippen molar-refractivity contribution in [2.45, 2.75) is 17.1 Å². The third kappa shape index (κ3) is 5.81. The Morgan fingerprint density at radius 3 is 2.78 bits per heavy atom. The molecule has 0 fully saturated rings. The highest BCUT2D eigenvalue weighted by molar-refractivity contribution is 8.93. The number of thiophene rings is 1. The number of hydrogen-bond donors (Lipinski definition) is 1. The van der Waals surface area contributed by atoms with Crippen molar-refractivity contribution in [1.82, 2.24) is 4.98 Å². The van der Waals surface area contributed by atoms with Gasteiger partial charge in [0.05, 0.1) is 17.0 Å². The second kappa shape index (κ2) is 10.8. The number of halogens is 1. The van der Waals surface area contributed by atoms with Gasteiger partial charge in [0.2, 0.25) is 0 Å². The van der Waals surface area contributed by atoms with E-state index in [1.165, 1.54) is 24.0 Å². The van der Waals surface area contributed by atoms with Crippen LogP contribution in [0.4, 0.5) is 5.13 Å². The molecule has 0 unspecified atom stereocenters. The quantitative estimate of drug-likeness (QED) is 0.241. The van der Waals surface area contributed by atoms with E-state index in [2.05, 4.69) is 34.6 Å². The van der Waals surface area contributed by atoms with Gasteiger partial charge in [-0.1, -0.05) is 30.3 Å². The fraction of sp³-hybridized carbons (Fsp3) is 0.263. The van der Waals surface area contributed by atoms with Crippen LogP contribution in [0, 0.1) is 0 Å². The summed E-state index contributed by atoms with van der Waals surface area (Å²) in [7, 11) is 1.40. The highest BCUT2D eigenvalue weighted by Gasteiger charge is 2.17. The molecule has 2 heterocycles. The van der Waals surface area contributed by atoms with Crippen LogP contribution in [0.2, 0.25) is 0 Å². The van der Waals surface area contributed by atoms with Crippen LogP contribution < -0.4 is 5.32 Å². The van der Waals surface area contributed by atoms with Crippen molar-refractivity contribution in [3.05, 3.63) is 52.2 Å². The average molecular weight is 485 g/mol. The summed E-state index contributed by atoms with van der Waals surface area (Å²) in [6.07, 6.45) is 4.11. The molecule has 0 atom stereocenters. The van der Waals surface area contributed by atoms with Crippen LogP contribution in [0.25, 0.3) is 11.3 Å². The van der Waals surface area contributed by atoms with E-state index in [9.17, 15) is 4.79 Å². The molecule has 0 spiro atoms. The first-order valence-electron chi connectivity index (χ1n) is 8.21. The van der Waals surface area contributed by atoms with Crippen molar-refractivity contribution in [3.8, 4) is 11.3 Å². The maximum atomic E-state index is 11.8. The molecule has 0 amide bonds. The lowest BCUT2D eigenvalue weighted by atomic mass is 10.1. The Kier molecular flexibility index (Phi) is 8.82. The smallest absolute Gasteiger partial charge is 0.348 e. The number of carbonyl (C=O) groups is 1. The van der Waals surface area contributed by atoms with E-state index < -0.39 is 0 Å². The Morgan fingerprint density at radius 2 is 2.07 bits per heavy atom. The molecule has 1 aromatic carbocycles. The van der Waals surface area contributed by atoms with E-state index in [1.807, 2.05) is 23.8 Å². The van der Waals surface area contributed by atoms with Gasteiger partial charge >= 0.3 is 5.97 Å². The van der Waals surface area contributed by atoms with Crippen LogP contribution in [0.5, 0.6) is 0 Å². The molecule has 0 bridgehead atoms. The monoisotopic (exact) mass is 484 g/mol. The number of rotatable bonds is 8. The lowest BCUT2D eigenvalue weighted by Crippen LogP contribution is -2.02. The molecule has 144 valence electrons. The number of thiazole rings is 1. The first kappa shape index (κ1) is 21.9. The summed E-state index contributed by atoms with van der Waals surface area (Å²) in [5, 5.41) is 6.33. The van der Waals surface area contributed by atoms with E-state index in [-0.39, 0.29) is 23.0 Å². The minimum absolute atomic E-state index is 0. The summed E-state index contributed by atoms with van der Waals surface area (Å²) in [6.45, 7) is 0.883. The topological polar surface area (TPSA) is 51.2 Å². The van der Waals surface area contributed by atoms with Crippen molar-refractivity contribution < 1.29 is 9.53 Å². The zero-order valence-electron chi connectivity index (χ0n) is 15.1. The fourth-order valence-corrected chi connectivity index (χ4v) is 5.06.